The molecular weight excluding hydrogens is 225 g/mol. The average molecular weight is 234 g/mol. The standard InChI is InChI=1S/C10H9F3O3/c1-5-7(10(11,12)13)4-3-6(8(5)14)9(15)16-2/h3-4,14H,1-2H3. The third kappa shape index (κ3) is 2.10. The van der Waals surface area contributed by atoms with Crippen LogP contribution in [-0.2, 0) is 10.9 Å². The van der Waals surface area contributed by atoms with Gasteiger partial charge in [0.1, 0.15) is 11.3 Å². The Labute approximate surface area is 89.5 Å². The van der Waals surface area contributed by atoms with Crippen LogP contribution in [0.4, 0.5) is 13.2 Å². The first kappa shape index (κ1) is 12.4. The number of esters is 1. The van der Waals surface area contributed by atoms with Gasteiger partial charge in [0.25, 0.3) is 0 Å². The highest BCUT2D eigenvalue weighted by Crippen LogP contribution is 2.36. The molecule has 0 radical (unpaired) electrons. The summed E-state index contributed by atoms with van der Waals surface area (Å²) < 4.78 is 41.6. The fourth-order valence-electron chi connectivity index (χ4n) is 1.28. The Hall–Kier alpha value is -1.72. The summed E-state index contributed by atoms with van der Waals surface area (Å²) in [5.74, 6) is -1.59. The summed E-state index contributed by atoms with van der Waals surface area (Å²) in [4.78, 5) is 11.1. The third-order valence-electron chi connectivity index (χ3n) is 2.14. The van der Waals surface area contributed by atoms with Gasteiger partial charge in [0.05, 0.1) is 12.7 Å². The smallest absolute Gasteiger partial charge is 0.416 e. The second kappa shape index (κ2) is 4.03. The number of halogens is 3. The Kier molecular flexibility index (Phi) is 3.11. The van der Waals surface area contributed by atoms with Gasteiger partial charge >= 0.3 is 12.1 Å². The van der Waals surface area contributed by atoms with Gasteiger partial charge in [-0.3, -0.25) is 0 Å². The second-order valence-electron chi connectivity index (χ2n) is 3.12. The van der Waals surface area contributed by atoms with Crippen LogP contribution < -0.4 is 0 Å². The Morgan fingerprint density at radius 3 is 2.38 bits per heavy atom. The molecule has 0 atom stereocenters. The topological polar surface area (TPSA) is 46.5 Å². The van der Waals surface area contributed by atoms with Crippen LogP contribution in [0.3, 0.4) is 0 Å². The molecular formula is C10H9F3O3. The van der Waals surface area contributed by atoms with Gasteiger partial charge in [0, 0.05) is 5.56 Å². The van der Waals surface area contributed by atoms with Crippen molar-refractivity contribution >= 4 is 5.97 Å². The summed E-state index contributed by atoms with van der Waals surface area (Å²) in [5, 5.41) is 9.44. The SMILES string of the molecule is COC(=O)c1ccc(C(F)(F)F)c(C)c1O. The maximum absolute atomic E-state index is 12.4. The normalized spacial score (nSPS) is 11.3. The van der Waals surface area contributed by atoms with Crippen molar-refractivity contribution < 1.29 is 27.8 Å². The lowest BCUT2D eigenvalue weighted by Crippen LogP contribution is -2.10. The van der Waals surface area contributed by atoms with Gasteiger partial charge in [-0.1, -0.05) is 0 Å². The van der Waals surface area contributed by atoms with Gasteiger partial charge in [-0.25, -0.2) is 4.79 Å². The van der Waals surface area contributed by atoms with Crippen molar-refractivity contribution in [2.24, 2.45) is 0 Å². The molecule has 0 bridgehead atoms. The van der Waals surface area contributed by atoms with Crippen molar-refractivity contribution in [2.75, 3.05) is 7.11 Å². The zero-order chi connectivity index (χ0) is 12.5. The van der Waals surface area contributed by atoms with E-state index in [0.29, 0.717) is 0 Å². The molecule has 16 heavy (non-hydrogen) atoms. The molecule has 0 aromatic heterocycles. The number of rotatable bonds is 1. The van der Waals surface area contributed by atoms with E-state index in [9.17, 15) is 23.1 Å². The fourth-order valence-corrected chi connectivity index (χ4v) is 1.28. The number of alkyl halides is 3. The Balaban J connectivity index is 3.35. The van der Waals surface area contributed by atoms with Crippen molar-refractivity contribution in [3.05, 3.63) is 28.8 Å². The number of benzene rings is 1. The number of hydrogen-bond acceptors (Lipinski definition) is 3. The molecule has 3 nitrogen and oxygen atoms in total. The number of carbonyl (C=O) groups excluding carboxylic acids is 1. The van der Waals surface area contributed by atoms with Gasteiger partial charge in [0.2, 0.25) is 0 Å². The number of ether oxygens (including phenoxy) is 1. The monoisotopic (exact) mass is 234 g/mol. The molecule has 0 aliphatic carbocycles. The van der Waals surface area contributed by atoms with Crippen LogP contribution in [0.1, 0.15) is 21.5 Å². The van der Waals surface area contributed by atoms with Crippen LogP contribution in [0, 0.1) is 6.92 Å². The lowest BCUT2D eigenvalue weighted by atomic mass is 10.0. The van der Waals surface area contributed by atoms with E-state index in [1.807, 2.05) is 0 Å². The van der Waals surface area contributed by atoms with E-state index < -0.39 is 29.0 Å². The van der Waals surface area contributed by atoms with E-state index in [4.69, 9.17) is 0 Å². The van der Waals surface area contributed by atoms with E-state index >= 15 is 0 Å². The Bertz CT molecular complexity index is 424. The number of phenolic OH excluding ortho intramolecular Hbond substituents is 1. The number of carbonyl (C=O) groups is 1. The minimum atomic E-state index is -4.56. The molecule has 1 aromatic rings. The number of phenols is 1. The van der Waals surface area contributed by atoms with E-state index in [1.165, 1.54) is 0 Å². The minimum absolute atomic E-state index is 0.284. The highest BCUT2D eigenvalue weighted by molar-refractivity contribution is 5.93. The van der Waals surface area contributed by atoms with E-state index in [-0.39, 0.29) is 5.56 Å². The number of aromatic hydroxyl groups is 1. The average Bonchev–Trinajstić information content (AvgIpc) is 2.19. The summed E-state index contributed by atoms with van der Waals surface area (Å²) in [6, 6.07) is 1.62. The first-order chi connectivity index (χ1) is 7.29. The maximum Gasteiger partial charge on any atom is 0.416 e. The summed E-state index contributed by atoms with van der Waals surface area (Å²) in [6.45, 7) is 1.09. The number of methoxy groups -OCH3 is 1. The largest absolute Gasteiger partial charge is 0.507 e. The van der Waals surface area contributed by atoms with Crippen molar-refractivity contribution in [2.45, 2.75) is 13.1 Å². The lowest BCUT2D eigenvalue weighted by molar-refractivity contribution is -0.138. The van der Waals surface area contributed by atoms with Crippen molar-refractivity contribution in [3.63, 3.8) is 0 Å². The first-order valence-electron chi connectivity index (χ1n) is 4.27. The summed E-state index contributed by atoms with van der Waals surface area (Å²) in [7, 11) is 1.08. The van der Waals surface area contributed by atoms with Gasteiger partial charge in [-0.15, -0.1) is 0 Å². The zero-order valence-electron chi connectivity index (χ0n) is 8.55. The predicted octanol–water partition coefficient (Wildman–Crippen LogP) is 2.51. The lowest BCUT2D eigenvalue weighted by Gasteiger charge is -2.13. The molecule has 0 saturated heterocycles. The van der Waals surface area contributed by atoms with Gasteiger partial charge < -0.3 is 9.84 Å². The summed E-state index contributed by atoms with van der Waals surface area (Å²) in [6.07, 6.45) is -4.56. The van der Waals surface area contributed by atoms with Gasteiger partial charge in [0.15, 0.2) is 0 Å². The molecule has 88 valence electrons. The molecule has 1 N–H and O–H groups in total. The molecule has 0 aliphatic heterocycles. The van der Waals surface area contributed by atoms with Gasteiger partial charge in [-0.2, -0.15) is 13.2 Å². The highest BCUT2D eigenvalue weighted by Gasteiger charge is 2.34. The Morgan fingerprint density at radius 2 is 1.94 bits per heavy atom. The van der Waals surface area contributed by atoms with E-state index in [1.54, 1.807) is 0 Å². The molecule has 0 spiro atoms. The Morgan fingerprint density at radius 1 is 1.38 bits per heavy atom. The quantitative estimate of drug-likeness (QED) is 0.759. The molecule has 0 aliphatic rings. The predicted molar refractivity (Wildman–Crippen MR) is 49.2 cm³/mol. The number of hydrogen-bond donors (Lipinski definition) is 1. The van der Waals surface area contributed by atoms with Crippen LogP contribution >= 0.6 is 0 Å². The second-order valence-corrected chi connectivity index (χ2v) is 3.12. The molecule has 0 heterocycles. The van der Waals surface area contributed by atoms with Gasteiger partial charge in [-0.05, 0) is 19.1 Å². The van der Waals surface area contributed by atoms with Crippen LogP contribution in [0.5, 0.6) is 5.75 Å². The molecule has 0 fully saturated rings. The van der Waals surface area contributed by atoms with Crippen LogP contribution in [0.2, 0.25) is 0 Å². The molecule has 1 rings (SSSR count). The van der Waals surface area contributed by atoms with Crippen LogP contribution in [0.15, 0.2) is 12.1 Å². The minimum Gasteiger partial charge on any atom is -0.507 e. The molecule has 0 amide bonds. The highest BCUT2D eigenvalue weighted by atomic mass is 19.4. The molecule has 1 aromatic carbocycles. The maximum atomic E-state index is 12.4. The van der Waals surface area contributed by atoms with Crippen molar-refractivity contribution in [1.29, 1.82) is 0 Å². The third-order valence-corrected chi connectivity index (χ3v) is 2.14. The molecule has 6 heteroatoms. The zero-order valence-corrected chi connectivity index (χ0v) is 8.55. The fraction of sp³-hybridized carbons (Fsp3) is 0.300. The summed E-state index contributed by atoms with van der Waals surface area (Å²) >= 11 is 0. The van der Waals surface area contributed by atoms with Crippen molar-refractivity contribution in [1.82, 2.24) is 0 Å². The van der Waals surface area contributed by atoms with E-state index in [2.05, 4.69) is 4.74 Å². The van der Waals surface area contributed by atoms with Crippen molar-refractivity contribution in [3.8, 4) is 5.75 Å². The molecule has 0 saturated carbocycles. The van der Waals surface area contributed by atoms with Crippen LogP contribution in [-0.4, -0.2) is 18.2 Å². The first-order valence-corrected chi connectivity index (χ1v) is 4.27. The van der Waals surface area contributed by atoms with E-state index in [0.717, 1.165) is 26.2 Å². The molecule has 0 unspecified atom stereocenters. The van der Waals surface area contributed by atoms with Crippen LogP contribution in [0.25, 0.3) is 0 Å². The summed E-state index contributed by atoms with van der Waals surface area (Å²) in [5.41, 5.74) is -1.65.